The number of nitrogens with zero attached hydrogens (tertiary/aromatic N) is 3. The van der Waals surface area contributed by atoms with Crippen LogP contribution in [0.3, 0.4) is 0 Å². The quantitative estimate of drug-likeness (QED) is 0.606. The average molecular weight is 291 g/mol. The Morgan fingerprint density at radius 1 is 1.05 bits per heavy atom. The number of anilines is 1. The summed E-state index contributed by atoms with van der Waals surface area (Å²) in [7, 11) is 0. The van der Waals surface area contributed by atoms with Crippen LogP contribution in [0.1, 0.15) is 5.56 Å². The first-order valence-electron chi connectivity index (χ1n) is 6.96. The third-order valence-electron chi connectivity index (χ3n) is 3.54. The molecule has 6 nitrogen and oxygen atoms in total. The smallest absolute Gasteiger partial charge is 0.302 e. The minimum absolute atomic E-state index is 0.210. The zero-order chi connectivity index (χ0) is 14.9. The third kappa shape index (κ3) is 2.01. The summed E-state index contributed by atoms with van der Waals surface area (Å²) in [6, 6.07) is 17.4. The Bertz CT molecular complexity index is 1000. The van der Waals surface area contributed by atoms with E-state index in [1.54, 1.807) is 0 Å². The molecule has 4 rings (SSSR count). The number of H-pyrrole nitrogens is 1. The lowest BCUT2D eigenvalue weighted by atomic mass is 10.2. The van der Waals surface area contributed by atoms with E-state index in [2.05, 4.69) is 20.5 Å². The van der Waals surface area contributed by atoms with Crippen molar-refractivity contribution in [1.82, 2.24) is 19.6 Å². The molecular formula is C16H13N5O. The fourth-order valence-corrected chi connectivity index (χ4v) is 2.46. The summed E-state index contributed by atoms with van der Waals surface area (Å²) in [5, 5.41) is 9.98. The van der Waals surface area contributed by atoms with Crippen LogP contribution in [0.15, 0.2) is 59.4 Å². The summed E-state index contributed by atoms with van der Waals surface area (Å²) < 4.78 is 1.54. The number of aromatic amines is 1. The van der Waals surface area contributed by atoms with E-state index in [9.17, 15) is 4.79 Å². The first-order valence-corrected chi connectivity index (χ1v) is 6.96. The Balaban J connectivity index is 1.77. The van der Waals surface area contributed by atoms with Crippen LogP contribution >= 0.6 is 0 Å². The average Bonchev–Trinajstić information content (AvgIpc) is 2.94. The Labute approximate surface area is 125 Å². The van der Waals surface area contributed by atoms with Gasteiger partial charge in [-0.05, 0) is 17.7 Å². The van der Waals surface area contributed by atoms with Gasteiger partial charge in [-0.3, -0.25) is 4.79 Å². The van der Waals surface area contributed by atoms with Crippen molar-refractivity contribution in [1.29, 1.82) is 0 Å². The number of hydrogen-bond acceptors (Lipinski definition) is 4. The van der Waals surface area contributed by atoms with Crippen molar-refractivity contribution in [3.8, 4) is 0 Å². The van der Waals surface area contributed by atoms with Crippen molar-refractivity contribution >= 4 is 22.6 Å². The molecule has 2 aromatic carbocycles. The van der Waals surface area contributed by atoms with Gasteiger partial charge in [-0.1, -0.05) is 42.5 Å². The van der Waals surface area contributed by atoms with Crippen molar-refractivity contribution in [2.24, 2.45) is 0 Å². The zero-order valence-electron chi connectivity index (χ0n) is 11.7. The van der Waals surface area contributed by atoms with Crippen LogP contribution in [0.4, 0.5) is 5.82 Å². The Morgan fingerprint density at radius 2 is 1.82 bits per heavy atom. The number of fused-ring (bicyclic) bond motifs is 3. The van der Waals surface area contributed by atoms with E-state index in [4.69, 9.17) is 0 Å². The molecule has 0 unspecified atom stereocenters. The summed E-state index contributed by atoms with van der Waals surface area (Å²) in [6.45, 7) is 0.537. The van der Waals surface area contributed by atoms with Gasteiger partial charge in [0.1, 0.15) is 0 Å². The maximum absolute atomic E-state index is 12.6. The normalized spacial score (nSPS) is 11.1. The third-order valence-corrected chi connectivity index (χ3v) is 3.54. The second kappa shape index (κ2) is 5.00. The van der Waals surface area contributed by atoms with Gasteiger partial charge in [0, 0.05) is 6.54 Å². The highest BCUT2D eigenvalue weighted by Gasteiger charge is 2.11. The minimum atomic E-state index is -0.210. The highest BCUT2D eigenvalue weighted by atomic mass is 16.1. The molecule has 0 aliphatic rings. The van der Waals surface area contributed by atoms with Crippen LogP contribution in [0.25, 0.3) is 16.8 Å². The predicted molar refractivity (Wildman–Crippen MR) is 84.9 cm³/mol. The van der Waals surface area contributed by atoms with Gasteiger partial charge < -0.3 is 5.32 Å². The van der Waals surface area contributed by atoms with Gasteiger partial charge in [-0.2, -0.15) is 0 Å². The summed E-state index contributed by atoms with van der Waals surface area (Å²) >= 11 is 0. The van der Waals surface area contributed by atoms with Gasteiger partial charge in [0.05, 0.1) is 11.0 Å². The lowest BCUT2D eigenvalue weighted by Crippen LogP contribution is -2.21. The van der Waals surface area contributed by atoms with Gasteiger partial charge >= 0.3 is 5.56 Å². The molecule has 4 aromatic rings. The maximum atomic E-state index is 12.6. The van der Waals surface area contributed by atoms with Crippen molar-refractivity contribution in [2.45, 2.75) is 6.54 Å². The van der Waals surface area contributed by atoms with Gasteiger partial charge in [0.2, 0.25) is 11.6 Å². The monoisotopic (exact) mass is 291 g/mol. The Morgan fingerprint density at radius 3 is 2.68 bits per heavy atom. The topological polar surface area (TPSA) is 75.1 Å². The van der Waals surface area contributed by atoms with Gasteiger partial charge in [-0.15, -0.1) is 5.10 Å². The maximum Gasteiger partial charge on any atom is 0.302 e. The number of rotatable bonds is 3. The SMILES string of the molecule is O=c1c(NCc2ccccc2)n[nH]c2nc3ccccc3n12. The van der Waals surface area contributed by atoms with Crippen molar-refractivity contribution in [2.75, 3.05) is 5.32 Å². The first kappa shape index (κ1) is 12.6. The summed E-state index contributed by atoms with van der Waals surface area (Å²) in [5.41, 5.74) is 2.40. The Kier molecular flexibility index (Phi) is 2.86. The van der Waals surface area contributed by atoms with Crippen molar-refractivity contribution in [3.63, 3.8) is 0 Å². The van der Waals surface area contributed by atoms with E-state index in [0.717, 1.165) is 16.6 Å². The lowest BCUT2D eigenvalue weighted by Gasteiger charge is -2.05. The number of hydrogen-bond donors (Lipinski definition) is 2. The molecular weight excluding hydrogens is 278 g/mol. The minimum Gasteiger partial charge on any atom is -0.360 e. The van der Waals surface area contributed by atoms with E-state index < -0.39 is 0 Å². The van der Waals surface area contributed by atoms with E-state index >= 15 is 0 Å². The zero-order valence-corrected chi connectivity index (χ0v) is 11.7. The number of nitrogens with one attached hydrogen (secondary N) is 2. The highest BCUT2D eigenvalue weighted by Crippen LogP contribution is 2.13. The summed E-state index contributed by atoms with van der Waals surface area (Å²) in [4.78, 5) is 17.0. The second-order valence-corrected chi connectivity index (χ2v) is 4.98. The van der Waals surface area contributed by atoms with Crippen molar-refractivity contribution in [3.05, 3.63) is 70.5 Å². The molecule has 0 aliphatic heterocycles. The number of aromatic nitrogens is 4. The molecule has 2 N–H and O–H groups in total. The second-order valence-electron chi connectivity index (χ2n) is 4.98. The first-order chi connectivity index (χ1) is 10.8. The molecule has 0 saturated carbocycles. The number of para-hydroxylation sites is 2. The highest BCUT2D eigenvalue weighted by molar-refractivity contribution is 5.79. The molecule has 0 radical (unpaired) electrons. The van der Waals surface area contributed by atoms with Crippen LogP contribution in [0, 0.1) is 0 Å². The van der Waals surface area contributed by atoms with E-state index in [0.29, 0.717) is 12.3 Å². The van der Waals surface area contributed by atoms with Gasteiger partial charge in [0.25, 0.3) is 0 Å². The molecule has 0 bridgehead atoms. The molecule has 22 heavy (non-hydrogen) atoms. The number of benzene rings is 2. The molecule has 0 amide bonds. The molecule has 0 spiro atoms. The van der Waals surface area contributed by atoms with Gasteiger partial charge in [0.15, 0.2) is 0 Å². The van der Waals surface area contributed by atoms with Crippen LogP contribution in [0.5, 0.6) is 0 Å². The van der Waals surface area contributed by atoms with Crippen LogP contribution in [-0.4, -0.2) is 19.6 Å². The van der Waals surface area contributed by atoms with E-state index in [1.165, 1.54) is 4.40 Å². The molecule has 0 fully saturated rings. The van der Waals surface area contributed by atoms with E-state index in [1.807, 2.05) is 54.6 Å². The molecule has 0 saturated heterocycles. The molecule has 2 heterocycles. The lowest BCUT2D eigenvalue weighted by molar-refractivity contribution is 0.931. The summed E-state index contributed by atoms with van der Waals surface area (Å²) in [6.07, 6.45) is 0. The standard InChI is InChI=1S/C16H13N5O/c22-15-14(17-10-11-6-2-1-3-7-11)19-20-16-18-12-8-4-5-9-13(12)21(15)16/h1-9H,10H2,(H,17,19)(H,18,20). The predicted octanol–water partition coefficient (Wildman–Crippen LogP) is 2.18. The fourth-order valence-electron chi connectivity index (χ4n) is 2.46. The molecule has 0 atom stereocenters. The summed E-state index contributed by atoms with van der Waals surface area (Å²) in [5.74, 6) is 0.718. The largest absolute Gasteiger partial charge is 0.360 e. The van der Waals surface area contributed by atoms with Crippen LogP contribution in [0.2, 0.25) is 0 Å². The molecule has 0 aliphatic carbocycles. The molecule has 6 heteroatoms. The van der Waals surface area contributed by atoms with E-state index in [-0.39, 0.29) is 11.4 Å². The van der Waals surface area contributed by atoms with Crippen LogP contribution in [-0.2, 0) is 6.54 Å². The van der Waals surface area contributed by atoms with Gasteiger partial charge in [-0.25, -0.2) is 14.5 Å². The number of imidazole rings is 1. The Hall–Kier alpha value is -3.15. The van der Waals surface area contributed by atoms with Crippen molar-refractivity contribution < 1.29 is 0 Å². The fraction of sp³-hybridized carbons (Fsp3) is 0.0625. The molecule has 108 valence electrons. The van der Waals surface area contributed by atoms with Crippen LogP contribution < -0.4 is 10.9 Å². The molecule has 2 aromatic heterocycles.